The van der Waals surface area contributed by atoms with Crippen LogP contribution in [-0.4, -0.2) is 37.4 Å². The largest absolute Gasteiger partial charge is 0.493 e. The summed E-state index contributed by atoms with van der Waals surface area (Å²) in [5.74, 6) is 0.890. The number of carbonyl (C=O) groups is 1. The van der Waals surface area contributed by atoms with Gasteiger partial charge in [-0.25, -0.2) is 0 Å². The second-order valence-electron chi connectivity index (χ2n) is 7.03. The number of rotatable bonds is 13. The van der Waals surface area contributed by atoms with E-state index in [9.17, 15) is 4.79 Å². The summed E-state index contributed by atoms with van der Waals surface area (Å²) in [4.78, 5) is 12.8. The molecule has 174 valence electrons. The molecule has 2 aromatic carbocycles. The van der Waals surface area contributed by atoms with Crippen molar-refractivity contribution in [3.8, 4) is 11.5 Å². The third-order valence-corrected chi connectivity index (χ3v) is 5.16. The molecule has 0 aromatic heterocycles. The number of amides is 1. The molecule has 0 unspecified atom stereocenters. The van der Waals surface area contributed by atoms with Crippen LogP contribution in [0.4, 0.5) is 5.69 Å². The van der Waals surface area contributed by atoms with Crippen LogP contribution in [0, 0.1) is 0 Å². The maximum absolute atomic E-state index is 12.8. The molecule has 2 N–H and O–H groups in total. The highest BCUT2D eigenvalue weighted by Crippen LogP contribution is 2.24. The highest BCUT2D eigenvalue weighted by molar-refractivity contribution is 9.10. The van der Waals surface area contributed by atoms with E-state index in [2.05, 4.69) is 33.5 Å². The molecule has 2 rings (SSSR count). The number of unbranched alkanes of at least 4 members (excludes halogenated alkanes) is 3. The lowest BCUT2D eigenvalue weighted by atomic mass is 10.2. The Morgan fingerprint density at radius 3 is 2.62 bits per heavy atom. The molecule has 0 aliphatic rings. The number of halogens is 1. The SMILES string of the molecule is CCCCCCOc1ccc(Br)cc1C(=O)NC(=S)Nc1cccc(OCCOCC)c1. The van der Waals surface area contributed by atoms with Gasteiger partial charge in [0.1, 0.15) is 18.1 Å². The van der Waals surface area contributed by atoms with Crippen LogP contribution in [0.1, 0.15) is 49.9 Å². The van der Waals surface area contributed by atoms with E-state index in [1.807, 2.05) is 37.3 Å². The Balaban J connectivity index is 1.93. The molecule has 0 fully saturated rings. The van der Waals surface area contributed by atoms with E-state index in [4.69, 9.17) is 26.4 Å². The number of anilines is 1. The molecule has 32 heavy (non-hydrogen) atoms. The van der Waals surface area contributed by atoms with Crippen molar-refractivity contribution in [2.75, 3.05) is 31.7 Å². The number of ether oxygens (including phenoxy) is 3. The quantitative estimate of drug-likeness (QED) is 0.250. The molecule has 0 saturated carbocycles. The lowest BCUT2D eigenvalue weighted by Crippen LogP contribution is -2.34. The molecular formula is C24H31BrN2O4S. The van der Waals surface area contributed by atoms with Crippen LogP contribution in [0.3, 0.4) is 0 Å². The van der Waals surface area contributed by atoms with Gasteiger partial charge in [-0.15, -0.1) is 0 Å². The number of hydrogen-bond donors (Lipinski definition) is 2. The molecule has 0 saturated heterocycles. The molecule has 6 nitrogen and oxygen atoms in total. The molecule has 0 spiro atoms. The van der Waals surface area contributed by atoms with Crippen molar-refractivity contribution >= 4 is 44.9 Å². The third-order valence-electron chi connectivity index (χ3n) is 4.46. The summed E-state index contributed by atoms with van der Waals surface area (Å²) in [5.41, 5.74) is 1.14. The molecule has 2 aromatic rings. The fourth-order valence-electron chi connectivity index (χ4n) is 2.88. The average molecular weight is 523 g/mol. The second-order valence-corrected chi connectivity index (χ2v) is 8.35. The van der Waals surface area contributed by atoms with Crippen LogP contribution in [0.5, 0.6) is 11.5 Å². The average Bonchev–Trinajstić information content (AvgIpc) is 2.77. The van der Waals surface area contributed by atoms with E-state index in [1.54, 1.807) is 12.1 Å². The van der Waals surface area contributed by atoms with Crippen LogP contribution in [0.25, 0.3) is 0 Å². The van der Waals surface area contributed by atoms with Crippen LogP contribution >= 0.6 is 28.1 Å². The fourth-order valence-corrected chi connectivity index (χ4v) is 3.45. The van der Waals surface area contributed by atoms with Crippen molar-refractivity contribution in [1.29, 1.82) is 0 Å². The van der Waals surface area contributed by atoms with Crippen molar-refractivity contribution in [2.45, 2.75) is 39.5 Å². The normalized spacial score (nSPS) is 10.5. The molecule has 0 heterocycles. The highest BCUT2D eigenvalue weighted by Gasteiger charge is 2.15. The lowest BCUT2D eigenvalue weighted by molar-refractivity contribution is 0.0973. The Bertz CT molecular complexity index is 879. The summed E-state index contributed by atoms with van der Waals surface area (Å²) < 4.78 is 17.6. The van der Waals surface area contributed by atoms with E-state index >= 15 is 0 Å². The third kappa shape index (κ3) is 9.54. The smallest absolute Gasteiger partial charge is 0.261 e. The molecule has 0 aliphatic carbocycles. The Morgan fingerprint density at radius 1 is 1.00 bits per heavy atom. The number of thiocarbonyl (C=S) groups is 1. The Labute approximate surface area is 204 Å². The van der Waals surface area contributed by atoms with Gasteiger partial charge in [-0.05, 0) is 55.9 Å². The van der Waals surface area contributed by atoms with Crippen LogP contribution in [0.15, 0.2) is 46.9 Å². The predicted molar refractivity (Wildman–Crippen MR) is 136 cm³/mol. The molecule has 8 heteroatoms. The van der Waals surface area contributed by atoms with Crippen LogP contribution in [0.2, 0.25) is 0 Å². The van der Waals surface area contributed by atoms with Gasteiger partial charge in [-0.2, -0.15) is 0 Å². The first kappa shape index (κ1) is 26.1. The number of benzene rings is 2. The zero-order chi connectivity index (χ0) is 23.2. The van der Waals surface area contributed by atoms with Crippen molar-refractivity contribution in [3.05, 3.63) is 52.5 Å². The minimum Gasteiger partial charge on any atom is -0.493 e. The highest BCUT2D eigenvalue weighted by atomic mass is 79.9. The zero-order valence-electron chi connectivity index (χ0n) is 18.6. The first-order valence-corrected chi connectivity index (χ1v) is 12.1. The van der Waals surface area contributed by atoms with E-state index in [0.29, 0.717) is 49.2 Å². The predicted octanol–water partition coefficient (Wildman–Crippen LogP) is 5.95. The molecular weight excluding hydrogens is 492 g/mol. The van der Waals surface area contributed by atoms with Gasteiger partial charge in [0.05, 0.1) is 18.8 Å². The molecule has 0 atom stereocenters. The molecule has 0 bridgehead atoms. The van der Waals surface area contributed by atoms with E-state index in [0.717, 1.165) is 17.3 Å². The second kappa shape index (κ2) is 14.8. The molecule has 1 amide bonds. The van der Waals surface area contributed by atoms with E-state index in [-0.39, 0.29) is 11.0 Å². The standard InChI is InChI=1S/C24H31BrN2O4S/c1-3-5-6-7-13-31-22-12-11-18(25)16-21(22)23(28)27-24(32)26-19-9-8-10-20(17-19)30-15-14-29-4-2/h8-12,16-17H,3-7,13-15H2,1-2H3,(H2,26,27,28,32). The van der Waals surface area contributed by atoms with E-state index in [1.165, 1.54) is 12.8 Å². The van der Waals surface area contributed by atoms with Gasteiger partial charge in [0.15, 0.2) is 5.11 Å². The topological polar surface area (TPSA) is 68.8 Å². The number of hydrogen-bond acceptors (Lipinski definition) is 5. The Hall–Kier alpha value is -2.16. The summed E-state index contributed by atoms with van der Waals surface area (Å²) >= 11 is 8.75. The van der Waals surface area contributed by atoms with Gasteiger partial charge in [-0.1, -0.05) is 48.2 Å². The number of carbonyl (C=O) groups excluding carboxylic acids is 1. The van der Waals surface area contributed by atoms with Gasteiger partial charge >= 0.3 is 0 Å². The number of nitrogens with one attached hydrogen (secondary N) is 2. The summed E-state index contributed by atoms with van der Waals surface area (Å²) in [6.45, 7) is 6.32. The van der Waals surface area contributed by atoms with Gasteiger partial charge in [0, 0.05) is 22.8 Å². The van der Waals surface area contributed by atoms with Crippen molar-refractivity contribution in [3.63, 3.8) is 0 Å². The van der Waals surface area contributed by atoms with Gasteiger partial charge in [-0.3, -0.25) is 10.1 Å². The van der Waals surface area contributed by atoms with Crippen molar-refractivity contribution < 1.29 is 19.0 Å². The van der Waals surface area contributed by atoms with Gasteiger partial charge in [0.2, 0.25) is 0 Å². The summed E-state index contributed by atoms with van der Waals surface area (Å²) in [5, 5.41) is 5.93. The first-order valence-electron chi connectivity index (χ1n) is 10.9. The summed E-state index contributed by atoms with van der Waals surface area (Å²) in [7, 11) is 0. The molecule has 0 aliphatic heterocycles. The lowest BCUT2D eigenvalue weighted by Gasteiger charge is -2.14. The van der Waals surface area contributed by atoms with Crippen molar-refractivity contribution in [1.82, 2.24) is 5.32 Å². The Morgan fingerprint density at radius 2 is 1.84 bits per heavy atom. The fraction of sp³-hybridized carbons (Fsp3) is 0.417. The van der Waals surface area contributed by atoms with E-state index < -0.39 is 0 Å². The minimum absolute atomic E-state index is 0.190. The first-order chi connectivity index (χ1) is 15.5. The monoisotopic (exact) mass is 522 g/mol. The zero-order valence-corrected chi connectivity index (χ0v) is 21.0. The maximum atomic E-state index is 12.8. The summed E-state index contributed by atoms with van der Waals surface area (Å²) in [6.07, 6.45) is 4.40. The minimum atomic E-state index is -0.337. The molecule has 0 radical (unpaired) electrons. The summed E-state index contributed by atoms with van der Waals surface area (Å²) in [6, 6.07) is 12.7. The van der Waals surface area contributed by atoms with Gasteiger partial charge < -0.3 is 19.5 Å². The van der Waals surface area contributed by atoms with Gasteiger partial charge in [0.25, 0.3) is 5.91 Å². The maximum Gasteiger partial charge on any atom is 0.261 e. The van der Waals surface area contributed by atoms with Crippen LogP contribution < -0.4 is 20.1 Å². The van der Waals surface area contributed by atoms with Crippen molar-refractivity contribution in [2.24, 2.45) is 0 Å². The van der Waals surface area contributed by atoms with Crippen LogP contribution in [-0.2, 0) is 4.74 Å². The Kier molecular flexibility index (Phi) is 12.1.